The Kier molecular flexibility index (Phi) is 4.43. The molecule has 0 aromatic carbocycles. The summed E-state index contributed by atoms with van der Waals surface area (Å²) < 4.78 is 0. The van der Waals surface area contributed by atoms with Gasteiger partial charge in [0.25, 0.3) is 0 Å². The molecule has 134 valence electrons. The fraction of sp³-hybridized carbons (Fsp3) is 0.625. The minimum absolute atomic E-state index is 0.0633. The molecule has 0 bridgehead atoms. The number of likely N-dealkylation sites (tertiary alicyclic amines) is 1. The van der Waals surface area contributed by atoms with E-state index in [4.69, 9.17) is 4.98 Å². The van der Waals surface area contributed by atoms with Gasteiger partial charge in [0.05, 0.1) is 11.7 Å². The second-order valence-electron chi connectivity index (χ2n) is 6.79. The van der Waals surface area contributed by atoms with Crippen LogP contribution in [0.15, 0.2) is 10.2 Å². The fourth-order valence-electron chi connectivity index (χ4n) is 3.50. The largest absolute Gasteiger partial charge is 0.340 e. The van der Waals surface area contributed by atoms with Crippen molar-refractivity contribution in [2.75, 3.05) is 11.4 Å². The molecule has 1 amide bonds. The summed E-state index contributed by atoms with van der Waals surface area (Å²) in [5, 5.41) is 9.40. The van der Waals surface area contributed by atoms with Crippen LogP contribution in [0.25, 0.3) is 0 Å². The number of nitrogens with one attached hydrogen (secondary N) is 2. The molecule has 0 unspecified atom stereocenters. The third-order valence-corrected chi connectivity index (χ3v) is 5.70. The van der Waals surface area contributed by atoms with Crippen molar-refractivity contribution in [1.82, 2.24) is 25.1 Å². The van der Waals surface area contributed by atoms with Crippen LogP contribution in [0.3, 0.4) is 0 Å². The molecule has 2 aromatic rings. The maximum atomic E-state index is 11.9. The summed E-state index contributed by atoms with van der Waals surface area (Å²) in [5.41, 5.74) is 0.703. The van der Waals surface area contributed by atoms with E-state index in [0.717, 1.165) is 49.5 Å². The Morgan fingerprint density at radius 3 is 2.92 bits per heavy atom. The predicted octanol–water partition coefficient (Wildman–Crippen LogP) is 1.80. The maximum absolute atomic E-state index is 11.9. The third-order valence-electron chi connectivity index (χ3n) is 4.81. The first kappa shape index (κ1) is 16.5. The summed E-state index contributed by atoms with van der Waals surface area (Å²) in [4.78, 5) is 34.9. The summed E-state index contributed by atoms with van der Waals surface area (Å²) >= 11 is 1.53. The number of anilines is 1. The Balaban J connectivity index is 1.50. The standard InChI is InChI=1S/C16H22N6O2S/c1-10(23)22(12-5-6-12)16-17-11(9-25-16)8-21-7-3-2-4-13(21)14-18-15(24)20-19-14/h9,12-13H,2-8H2,1H3,(H2,18,19,20,24)/t13-/m1/s1. The van der Waals surface area contributed by atoms with Crippen molar-refractivity contribution in [1.29, 1.82) is 0 Å². The number of carbonyl (C=O) groups is 1. The number of piperidine rings is 1. The van der Waals surface area contributed by atoms with Crippen molar-refractivity contribution in [3.63, 3.8) is 0 Å². The molecule has 8 nitrogen and oxygen atoms in total. The minimum Gasteiger partial charge on any atom is -0.292 e. The van der Waals surface area contributed by atoms with E-state index in [9.17, 15) is 9.59 Å². The normalized spacial score (nSPS) is 21.4. The van der Waals surface area contributed by atoms with E-state index >= 15 is 0 Å². The Hall–Kier alpha value is -2.00. The summed E-state index contributed by atoms with van der Waals surface area (Å²) in [7, 11) is 0. The van der Waals surface area contributed by atoms with Gasteiger partial charge in [-0.05, 0) is 32.2 Å². The molecule has 1 saturated heterocycles. The fourth-order valence-corrected chi connectivity index (χ4v) is 4.43. The molecular formula is C16H22N6O2S. The van der Waals surface area contributed by atoms with Crippen LogP contribution >= 0.6 is 11.3 Å². The molecule has 9 heteroatoms. The smallest absolute Gasteiger partial charge is 0.292 e. The van der Waals surface area contributed by atoms with E-state index < -0.39 is 0 Å². The summed E-state index contributed by atoms with van der Waals surface area (Å²) in [6.45, 7) is 3.26. The van der Waals surface area contributed by atoms with E-state index in [-0.39, 0.29) is 17.6 Å². The van der Waals surface area contributed by atoms with Gasteiger partial charge in [-0.2, -0.15) is 5.10 Å². The summed E-state index contributed by atoms with van der Waals surface area (Å²) in [6, 6.07) is 0.429. The zero-order valence-corrected chi connectivity index (χ0v) is 15.0. The Bertz CT molecular complexity index is 807. The topological polar surface area (TPSA) is 98.0 Å². The first-order valence-corrected chi connectivity index (χ1v) is 9.62. The van der Waals surface area contributed by atoms with Crippen molar-refractivity contribution < 1.29 is 4.79 Å². The van der Waals surface area contributed by atoms with Crippen LogP contribution in [-0.4, -0.2) is 43.6 Å². The lowest BCUT2D eigenvalue weighted by molar-refractivity contribution is -0.116. The average Bonchev–Trinajstić information content (AvgIpc) is 3.14. The van der Waals surface area contributed by atoms with Gasteiger partial charge in [0.2, 0.25) is 5.91 Å². The number of aromatic amines is 2. The molecule has 2 aromatic heterocycles. The molecule has 1 aliphatic carbocycles. The van der Waals surface area contributed by atoms with Gasteiger partial charge in [-0.3, -0.25) is 19.6 Å². The third kappa shape index (κ3) is 3.52. The van der Waals surface area contributed by atoms with Gasteiger partial charge in [-0.15, -0.1) is 11.3 Å². The lowest BCUT2D eigenvalue weighted by atomic mass is 10.0. The molecule has 0 spiro atoms. The van der Waals surface area contributed by atoms with Crippen LogP contribution in [0.4, 0.5) is 5.13 Å². The molecule has 2 N–H and O–H groups in total. The molecule has 2 aliphatic rings. The number of hydrogen-bond acceptors (Lipinski definition) is 6. The molecule has 3 heterocycles. The number of aromatic nitrogens is 4. The molecule has 1 saturated carbocycles. The quantitative estimate of drug-likeness (QED) is 0.845. The number of amides is 1. The van der Waals surface area contributed by atoms with E-state index in [1.54, 1.807) is 6.92 Å². The van der Waals surface area contributed by atoms with Gasteiger partial charge in [-0.1, -0.05) is 6.42 Å². The highest BCUT2D eigenvalue weighted by atomic mass is 32.1. The van der Waals surface area contributed by atoms with Crippen LogP contribution in [0.2, 0.25) is 0 Å². The molecule has 2 fully saturated rings. The predicted molar refractivity (Wildman–Crippen MR) is 94.5 cm³/mol. The number of H-pyrrole nitrogens is 2. The van der Waals surface area contributed by atoms with E-state index in [0.29, 0.717) is 18.4 Å². The average molecular weight is 362 g/mol. The van der Waals surface area contributed by atoms with E-state index in [2.05, 4.69) is 20.1 Å². The van der Waals surface area contributed by atoms with Crippen molar-refractivity contribution >= 4 is 22.4 Å². The van der Waals surface area contributed by atoms with Gasteiger partial charge in [-0.25, -0.2) is 14.9 Å². The summed E-state index contributed by atoms with van der Waals surface area (Å²) in [5.74, 6) is 0.761. The highest BCUT2D eigenvalue weighted by Gasteiger charge is 2.34. The SMILES string of the molecule is CC(=O)N(c1nc(CN2CCCC[C@@H]2c2n[nH]c(=O)[nH]2)cs1)C1CC1. The monoisotopic (exact) mass is 362 g/mol. The van der Waals surface area contributed by atoms with Gasteiger partial charge < -0.3 is 0 Å². The van der Waals surface area contributed by atoms with Crippen molar-refractivity contribution in [3.8, 4) is 0 Å². The zero-order chi connectivity index (χ0) is 17.4. The minimum atomic E-state index is -0.266. The van der Waals surface area contributed by atoms with E-state index in [1.807, 2.05) is 10.3 Å². The lowest BCUT2D eigenvalue weighted by Crippen LogP contribution is -2.34. The van der Waals surface area contributed by atoms with Gasteiger partial charge in [0, 0.05) is 24.9 Å². The molecule has 4 rings (SSSR count). The second kappa shape index (κ2) is 6.72. The lowest BCUT2D eigenvalue weighted by Gasteiger charge is -2.33. The number of rotatable bonds is 5. The number of nitrogens with zero attached hydrogens (tertiary/aromatic N) is 4. The van der Waals surface area contributed by atoms with Gasteiger partial charge >= 0.3 is 5.69 Å². The van der Waals surface area contributed by atoms with Crippen LogP contribution in [-0.2, 0) is 11.3 Å². The zero-order valence-electron chi connectivity index (χ0n) is 14.2. The van der Waals surface area contributed by atoms with Crippen LogP contribution < -0.4 is 10.6 Å². The Morgan fingerprint density at radius 2 is 2.24 bits per heavy atom. The van der Waals surface area contributed by atoms with Crippen LogP contribution in [0.1, 0.15) is 56.6 Å². The van der Waals surface area contributed by atoms with Crippen molar-refractivity contribution in [3.05, 3.63) is 27.4 Å². The summed E-state index contributed by atoms with van der Waals surface area (Å²) in [6.07, 6.45) is 5.35. The number of hydrogen-bond donors (Lipinski definition) is 2. The number of thiazole rings is 1. The Labute approximate surface area is 149 Å². The molecule has 1 atom stereocenters. The first-order valence-electron chi connectivity index (χ1n) is 8.74. The van der Waals surface area contributed by atoms with Crippen molar-refractivity contribution in [2.45, 2.75) is 57.7 Å². The van der Waals surface area contributed by atoms with Gasteiger partial charge in [0.1, 0.15) is 5.82 Å². The molecule has 1 aliphatic heterocycles. The van der Waals surface area contributed by atoms with Crippen LogP contribution in [0.5, 0.6) is 0 Å². The molecule has 25 heavy (non-hydrogen) atoms. The number of carbonyl (C=O) groups excluding carboxylic acids is 1. The van der Waals surface area contributed by atoms with E-state index in [1.165, 1.54) is 11.3 Å². The highest BCUT2D eigenvalue weighted by Crippen LogP contribution is 2.35. The highest BCUT2D eigenvalue weighted by molar-refractivity contribution is 7.14. The molecular weight excluding hydrogens is 340 g/mol. The van der Waals surface area contributed by atoms with Crippen molar-refractivity contribution in [2.24, 2.45) is 0 Å². The van der Waals surface area contributed by atoms with Gasteiger partial charge in [0.15, 0.2) is 5.13 Å². The maximum Gasteiger partial charge on any atom is 0.340 e. The Morgan fingerprint density at radius 1 is 1.40 bits per heavy atom. The second-order valence-corrected chi connectivity index (χ2v) is 7.62. The molecule has 0 radical (unpaired) electrons. The first-order chi connectivity index (χ1) is 12.1. The van der Waals surface area contributed by atoms with Crippen LogP contribution in [0, 0.1) is 0 Å².